The van der Waals surface area contributed by atoms with Crippen molar-refractivity contribution in [1.29, 1.82) is 0 Å². The van der Waals surface area contributed by atoms with Crippen LogP contribution in [0.2, 0.25) is 0 Å². The van der Waals surface area contributed by atoms with Crippen molar-refractivity contribution in [2.24, 2.45) is 5.92 Å². The van der Waals surface area contributed by atoms with E-state index in [1.54, 1.807) is 13.8 Å². The number of carbonyl (C=O) groups excluding carboxylic acids is 1. The van der Waals surface area contributed by atoms with Gasteiger partial charge in [0.2, 0.25) is 0 Å². The van der Waals surface area contributed by atoms with Crippen molar-refractivity contribution in [2.75, 3.05) is 6.54 Å². The van der Waals surface area contributed by atoms with Gasteiger partial charge in [0.1, 0.15) is 0 Å². The fraction of sp³-hybridized carbons (Fsp3) is 0.562. The second-order valence-electron chi connectivity index (χ2n) is 6.95. The molecule has 0 radical (unpaired) electrons. The first-order chi connectivity index (χ1) is 11.5. The van der Waals surface area contributed by atoms with E-state index >= 15 is 0 Å². The Morgan fingerprint density at radius 3 is 2.64 bits per heavy atom. The van der Waals surface area contributed by atoms with Crippen molar-refractivity contribution in [3.8, 4) is 5.75 Å². The summed E-state index contributed by atoms with van der Waals surface area (Å²) in [5, 5.41) is 21.4. The van der Waals surface area contributed by atoms with Crippen LogP contribution in [0.3, 0.4) is 0 Å². The lowest BCUT2D eigenvalue weighted by molar-refractivity contribution is -0.387. The molecular weight excluding hydrogens is 341 g/mol. The summed E-state index contributed by atoms with van der Waals surface area (Å²) in [7, 11) is 0. The third-order valence-corrected chi connectivity index (χ3v) is 5.78. The number of aromatic hydroxyl groups is 1. The normalized spacial score (nSPS) is 28.4. The van der Waals surface area contributed by atoms with E-state index < -0.39 is 40.1 Å². The van der Waals surface area contributed by atoms with E-state index in [0.29, 0.717) is 11.1 Å². The first-order valence-corrected chi connectivity index (χ1v) is 7.86. The quantitative estimate of drug-likeness (QED) is 0.618. The molecule has 0 aromatic heterocycles. The van der Waals surface area contributed by atoms with Crippen LogP contribution in [0.5, 0.6) is 5.75 Å². The van der Waals surface area contributed by atoms with E-state index in [1.807, 2.05) is 0 Å². The zero-order valence-electron chi connectivity index (χ0n) is 13.6. The van der Waals surface area contributed by atoms with Crippen molar-refractivity contribution < 1.29 is 28.0 Å². The second-order valence-corrected chi connectivity index (χ2v) is 6.95. The lowest BCUT2D eigenvalue weighted by atomic mass is 9.58. The largest absolute Gasteiger partial charge is 0.502 e. The standard InChI is InChI=1S/C16H17F3N2O4/c1-8-10-7-9-3-4-11(22)13(21(24)25)12(9)15(8,2)5-6-20(10)14(23)16(17,18)19/h3-4,8,10,22H,5-7H2,1-2H3/t8-,10-,15-/m1/s1. The van der Waals surface area contributed by atoms with E-state index in [-0.39, 0.29) is 25.1 Å². The first kappa shape index (κ1) is 17.5. The van der Waals surface area contributed by atoms with Crippen LogP contribution < -0.4 is 0 Å². The van der Waals surface area contributed by atoms with Crippen LogP contribution in [0.1, 0.15) is 31.4 Å². The van der Waals surface area contributed by atoms with E-state index in [4.69, 9.17) is 0 Å². The molecule has 6 nitrogen and oxygen atoms in total. The number of nitro groups is 1. The van der Waals surface area contributed by atoms with Gasteiger partial charge in [-0.15, -0.1) is 0 Å². The number of halogens is 3. The predicted octanol–water partition coefficient (Wildman–Crippen LogP) is 2.91. The van der Waals surface area contributed by atoms with Gasteiger partial charge >= 0.3 is 17.8 Å². The highest BCUT2D eigenvalue weighted by Crippen LogP contribution is 2.53. The summed E-state index contributed by atoms with van der Waals surface area (Å²) in [4.78, 5) is 23.4. The summed E-state index contributed by atoms with van der Waals surface area (Å²) in [6.07, 6.45) is -4.70. The average molecular weight is 358 g/mol. The molecule has 136 valence electrons. The summed E-state index contributed by atoms with van der Waals surface area (Å²) in [6, 6.07) is 1.99. The number of phenolic OH excluding ortho intramolecular Hbond substituents is 1. The molecule has 1 heterocycles. The van der Waals surface area contributed by atoms with Crippen molar-refractivity contribution in [3.05, 3.63) is 33.4 Å². The molecule has 9 heteroatoms. The van der Waals surface area contributed by atoms with Crippen molar-refractivity contribution in [3.63, 3.8) is 0 Å². The van der Waals surface area contributed by atoms with E-state index in [9.17, 15) is 33.2 Å². The fourth-order valence-electron chi connectivity index (χ4n) is 4.33. The van der Waals surface area contributed by atoms with Crippen LogP contribution in [-0.2, 0) is 16.6 Å². The molecule has 0 saturated carbocycles. The number of piperidine rings is 1. The van der Waals surface area contributed by atoms with Gasteiger partial charge in [0, 0.05) is 23.6 Å². The van der Waals surface area contributed by atoms with E-state index in [0.717, 1.165) is 4.90 Å². The molecule has 1 aromatic rings. The number of fused-ring (bicyclic) bond motifs is 4. The van der Waals surface area contributed by atoms with Crippen LogP contribution in [-0.4, -0.2) is 39.6 Å². The van der Waals surface area contributed by atoms with Gasteiger partial charge in [0.05, 0.1) is 4.92 Å². The van der Waals surface area contributed by atoms with Gasteiger partial charge < -0.3 is 10.0 Å². The van der Waals surface area contributed by atoms with Crippen LogP contribution >= 0.6 is 0 Å². The molecule has 1 aliphatic carbocycles. The number of alkyl halides is 3. The van der Waals surface area contributed by atoms with Crippen LogP contribution in [0.15, 0.2) is 12.1 Å². The highest BCUT2D eigenvalue weighted by Gasteiger charge is 2.56. The minimum absolute atomic E-state index is 0.0923. The van der Waals surface area contributed by atoms with Gasteiger partial charge in [-0.05, 0) is 30.4 Å². The first-order valence-electron chi connectivity index (χ1n) is 7.86. The fourth-order valence-corrected chi connectivity index (χ4v) is 4.33. The van der Waals surface area contributed by atoms with Gasteiger partial charge in [-0.3, -0.25) is 14.9 Å². The molecule has 1 amide bonds. The molecule has 1 aromatic carbocycles. The van der Waals surface area contributed by atoms with Crippen LogP contribution in [0, 0.1) is 16.0 Å². The Kier molecular flexibility index (Phi) is 3.74. The number of amides is 1. The van der Waals surface area contributed by atoms with E-state index in [1.165, 1.54) is 12.1 Å². The molecule has 2 aliphatic rings. The minimum atomic E-state index is -4.95. The van der Waals surface area contributed by atoms with E-state index in [2.05, 4.69) is 0 Å². The highest BCUT2D eigenvalue weighted by atomic mass is 19.4. The Hall–Kier alpha value is -2.32. The van der Waals surface area contributed by atoms with Crippen LogP contribution in [0.25, 0.3) is 0 Å². The second kappa shape index (κ2) is 5.34. The number of nitrogens with zero attached hydrogens (tertiary/aromatic N) is 2. The highest BCUT2D eigenvalue weighted by molar-refractivity contribution is 5.82. The molecule has 1 fully saturated rings. The predicted molar refractivity (Wildman–Crippen MR) is 81.2 cm³/mol. The lowest BCUT2D eigenvalue weighted by Gasteiger charge is -2.54. The summed E-state index contributed by atoms with van der Waals surface area (Å²) < 4.78 is 38.7. The number of benzene rings is 1. The smallest absolute Gasteiger partial charge is 0.471 e. The molecule has 3 rings (SSSR count). The van der Waals surface area contributed by atoms with Crippen molar-refractivity contribution in [1.82, 2.24) is 4.90 Å². The maximum absolute atomic E-state index is 12.9. The average Bonchev–Trinajstić information content (AvgIpc) is 2.49. The molecule has 1 N–H and O–H groups in total. The summed E-state index contributed by atoms with van der Waals surface area (Å²) in [6.45, 7) is 3.33. The molecule has 0 spiro atoms. The molecule has 25 heavy (non-hydrogen) atoms. The maximum Gasteiger partial charge on any atom is 0.471 e. The Bertz CT molecular complexity index is 764. The number of phenols is 1. The number of carbonyl (C=O) groups is 1. The zero-order valence-corrected chi connectivity index (χ0v) is 13.6. The van der Waals surface area contributed by atoms with Crippen molar-refractivity contribution >= 4 is 11.6 Å². The number of hydrogen-bond acceptors (Lipinski definition) is 4. The van der Waals surface area contributed by atoms with Gasteiger partial charge in [0.15, 0.2) is 5.75 Å². The third kappa shape index (κ3) is 2.44. The Labute approximate surface area is 141 Å². The number of nitro benzene ring substituents is 1. The molecule has 1 saturated heterocycles. The lowest BCUT2D eigenvalue weighted by Crippen LogP contribution is -2.61. The third-order valence-electron chi connectivity index (χ3n) is 5.78. The van der Waals surface area contributed by atoms with Crippen LogP contribution in [0.4, 0.5) is 18.9 Å². The Morgan fingerprint density at radius 1 is 1.44 bits per heavy atom. The van der Waals surface area contributed by atoms with Crippen molar-refractivity contribution in [2.45, 2.75) is 44.3 Å². The maximum atomic E-state index is 12.9. The molecule has 2 bridgehead atoms. The monoisotopic (exact) mass is 358 g/mol. The number of likely N-dealkylation sites (tertiary alicyclic amines) is 1. The number of hydrogen-bond donors (Lipinski definition) is 1. The summed E-state index contributed by atoms with van der Waals surface area (Å²) in [5.41, 5.74) is -0.294. The van der Waals surface area contributed by atoms with Gasteiger partial charge in [0.25, 0.3) is 0 Å². The molecular formula is C16H17F3N2O4. The number of rotatable bonds is 1. The van der Waals surface area contributed by atoms with Gasteiger partial charge in [-0.25, -0.2) is 0 Å². The van der Waals surface area contributed by atoms with Gasteiger partial charge in [-0.2, -0.15) is 13.2 Å². The topological polar surface area (TPSA) is 83.7 Å². The molecule has 1 aliphatic heterocycles. The van der Waals surface area contributed by atoms with Gasteiger partial charge in [-0.1, -0.05) is 19.9 Å². The SMILES string of the molecule is C[C@@H]1[C@H]2Cc3ccc(O)c([N+](=O)[O-])c3[C@]1(C)CCN2C(=O)C(F)(F)F. The molecule has 0 unspecified atom stereocenters. The summed E-state index contributed by atoms with van der Waals surface area (Å²) in [5.74, 6) is -2.74. The Balaban J connectivity index is 2.13. The Morgan fingerprint density at radius 2 is 2.08 bits per heavy atom. The zero-order chi connectivity index (χ0) is 18.7. The molecule has 3 atom stereocenters. The summed E-state index contributed by atoms with van der Waals surface area (Å²) >= 11 is 0. The minimum Gasteiger partial charge on any atom is -0.502 e.